The Kier molecular flexibility index (Phi) is 8.40. The van der Waals surface area contributed by atoms with Crippen molar-refractivity contribution in [3.63, 3.8) is 0 Å². The second-order valence-electron chi connectivity index (χ2n) is 3.58. The molecule has 1 fully saturated rings. The lowest BCUT2D eigenvalue weighted by atomic mass is 10.3. The normalized spacial score (nSPS) is 19.4. The minimum Gasteiger partial charge on any atom is -0.395 e. The van der Waals surface area contributed by atoms with Gasteiger partial charge in [0.05, 0.1) is 6.61 Å². The molecule has 0 spiro atoms. The molecule has 0 aromatic heterocycles. The molecule has 0 bridgehead atoms. The second kappa shape index (κ2) is 8.48. The summed E-state index contributed by atoms with van der Waals surface area (Å²) >= 11 is 0. The van der Waals surface area contributed by atoms with Gasteiger partial charge in [-0.05, 0) is 7.05 Å². The van der Waals surface area contributed by atoms with Crippen molar-refractivity contribution in [3.05, 3.63) is 0 Å². The fourth-order valence-corrected chi connectivity index (χ4v) is 1.21. The number of likely N-dealkylation sites (N-methyl/N-ethyl adjacent to an activating group) is 1. The third-order valence-corrected chi connectivity index (χ3v) is 2.01. The van der Waals surface area contributed by atoms with Crippen molar-refractivity contribution in [2.24, 2.45) is 0 Å². The van der Waals surface area contributed by atoms with Gasteiger partial charge < -0.3 is 10.0 Å². The van der Waals surface area contributed by atoms with Gasteiger partial charge in [0.2, 0.25) is 0 Å². The number of piperazine rings is 1. The molecule has 1 heterocycles. The summed E-state index contributed by atoms with van der Waals surface area (Å²) in [6.45, 7) is 9.88. The van der Waals surface area contributed by atoms with Crippen molar-refractivity contribution in [3.8, 4) is 0 Å². The zero-order valence-corrected chi connectivity index (χ0v) is 9.29. The molecule has 1 rings (SSSR count). The Morgan fingerprint density at radius 2 is 1.54 bits per heavy atom. The average Bonchev–Trinajstić information content (AvgIpc) is 2.11. The fraction of sp³-hybridized carbons (Fsp3) is 1.00. The van der Waals surface area contributed by atoms with Gasteiger partial charge in [-0.15, -0.1) is 0 Å². The van der Waals surface area contributed by atoms with Crippen LogP contribution in [0.3, 0.4) is 0 Å². The summed E-state index contributed by atoms with van der Waals surface area (Å²) in [5.74, 6) is 0. The summed E-state index contributed by atoms with van der Waals surface area (Å²) in [5, 5.41) is 8.63. The van der Waals surface area contributed by atoms with Gasteiger partial charge in [0.25, 0.3) is 0 Å². The van der Waals surface area contributed by atoms with E-state index in [2.05, 4.69) is 30.7 Å². The molecule has 3 heteroatoms. The molecule has 0 aromatic rings. The fourth-order valence-electron chi connectivity index (χ4n) is 1.21. The summed E-state index contributed by atoms with van der Waals surface area (Å²) in [7, 11) is 2.14. The first kappa shape index (κ1) is 12.9. The van der Waals surface area contributed by atoms with E-state index in [1.807, 2.05) is 0 Å². The van der Waals surface area contributed by atoms with Crippen LogP contribution in [-0.4, -0.2) is 61.3 Å². The number of β-amino-alcohol motifs (C(OH)–C–C–N with tert-alkyl or cyclic N) is 1. The molecule has 3 nitrogen and oxygen atoms in total. The Hall–Kier alpha value is -0.120. The van der Waals surface area contributed by atoms with Crippen molar-refractivity contribution >= 4 is 0 Å². The lowest BCUT2D eigenvalue weighted by Crippen LogP contribution is -2.45. The molecule has 0 aromatic carbocycles. The molecule has 0 aliphatic carbocycles. The highest BCUT2D eigenvalue weighted by atomic mass is 16.3. The van der Waals surface area contributed by atoms with E-state index >= 15 is 0 Å². The molecule has 0 radical (unpaired) electrons. The summed E-state index contributed by atoms with van der Waals surface area (Å²) in [6, 6.07) is 0. The van der Waals surface area contributed by atoms with Gasteiger partial charge >= 0.3 is 0 Å². The van der Waals surface area contributed by atoms with Crippen LogP contribution in [0.1, 0.15) is 20.3 Å². The van der Waals surface area contributed by atoms with Crippen LogP contribution in [0.15, 0.2) is 0 Å². The van der Waals surface area contributed by atoms with Gasteiger partial charge in [0, 0.05) is 32.7 Å². The van der Waals surface area contributed by atoms with E-state index in [0.717, 1.165) is 32.7 Å². The van der Waals surface area contributed by atoms with Crippen LogP contribution in [-0.2, 0) is 0 Å². The smallest absolute Gasteiger partial charge is 0.0558 e. The van der Waals surface area contributed by atoms with Crippen LogP contribution in [0.5, 0.6) is 0 Å². The monoisotopic (exact) mass is 188 g/mol. The summed E-state index contributed by atoms with van der Waals surface area (Å²) in [4.78, 5) is 4.61. The Morgan fingerprint density at radius 3 is 1.92 bits per heavy atom. The molecule has 1 aliphatic rings. The topological polar surface area (TPSA) is 26.7 Å². The molecule has 0 unspecified atom stereocenters. The van der Waals surface area contributed by atoms with Crippen molar-refractivity contribution in [1.82, 2.24) is 9.80 Å². The SMILES string of the molecule is CCC.CN1CCN(CCO)CC1. The summed E-state index contributed by atoms with van der Waals surface area (Å²) in [5.41, 5.74) is 0. The molecule has 0 atom stereocenters. The Labute approximate surface area is 82.3 Å². The van der Waals surface area contributed by atoms with Crippen LogP contribution in [0, 0.1) is 0 Å². The third kappa shape index (κ3) is 6.99. The number of hydrogen-bond donors (Lipinski definition) is 1. The molecule has 1 N–H and O–H groups in total. The second-order valence-corrected chi connectivity index (χ2v) is 3.58. The highest BCUT2D eigenvalue weighted by molar-refractivity contribution is 4.68. The average molecular weight is 188 g/mol. The largest absolute Gasteiger partial charge is 0.395 e. The van der Waals surface area contributed by atoms with Gasteiger partial charge in [-0.2, -0.15) is 0 Å². The van der Waals surface area contributed by atoms with Crippen LogP contribution < -0.4 is 0 Å². The number of rotatable bonds is 2. The van der Waals surface area contributed by atoms with Gasteiger partial charge in [-0.25, -0.2) is 0 Å². The van der Waals surface area contributed by atoms with Crippen LogP contribution in [0.2, 0.25) is 0 Å². The molecule has 1 aliphatic heterocycles. The first-order chi connectivity index (χ1) is 6.24. The van der Waals surface area contributed by atoms with Gasteiger partial charge in [-0.3, -0.25) is 4.90 Å². The Bertz CT molecular complexity index is 101. The lowest BCUT2D eigenvalue weighted by molar-refractivity contribution is 0.128. The molecule has 80 valence electrons. The van der Waals surface area contributed by atoms with Crippen molar-refractivity contribution in [2.75, 3.05) is 46.4 Å². The maximum absolute atomic E-state index is 8.63. The Morgan fingerprint density at radius 1 is 1.08 bits per heavy atom. The highest BCUT2D eigenvalue weighted by Gasteiger charge is 2.11. The van der Waals surface area contributed by atoms with E-state index in [9.17, 15) is 0 Å². The number of aliphatic hydroxyl groups is 1. The molecule has 13 heavy (non-hydrogen) atoms. The summed E-state index contributed by atoms with van der Waals surface area (Å²) < 4.78 is 0. The zero-order chi connectivity index (χ0) is 10.1. The molecule has 1 saturated heterocycles. The molecular formula is C10H24N2O. The first-order valence-corrected chi connectivity index (χ1v) is 5.26. The van der Waals surface area contributed by atoms with Crippen LogP contribution in [0.25, 0.3) is 0 Å². The highest BCUT2D eigenvalue weighted by Crippen LogP contribution is 1.96. The summed E-state index contributed by atoms with van der Waals surface area (Å²) in [6.07, 6.45) is 1.25. The number of hydrogen-bond acceptors (Lipinski definition) is 3. The van der Waals surface area contributed by atoms with Gasteiger partial charge in [0.15, 0.2) is 0 Å². The van der Waals surface area contributed by atoms with E-state index in [1.165, 1.54) is 6.42 Å². The van der Waals surface area contributed by atoms with Crippen LogP contribution in [0.4, 0.5) is 0 Å². The van der Waals surface area contributed by atoms with Crippen molar-refractivity contribution in [2.45, 2.75) is 20.3 Å². The number of nitrogens with zero attached hydrogens (tertiary/aromatic N) is 2. The van der Waals surface area contributed by atoms with Gasteiger partial charge in [0.1, 0.15) is 0 Å². The first-order valence-electron chi connectivity index (χ1n) is 5.26. The molecule has 0 amide bonds. The minimum absolute atomic E-state index is 0.295. The van der Waals surface area contributed by atoms with Crippen molar-refractivity contribution < 1.29 is 5.11 Å². The minimum atomic E-state index is 0.295. The van der Waals surface area contributed by atoms with E-state index < -0.39 is 0 Å². The standard InChI is InChI=1S/C7H16N2O.C3H8/c1-8-2-4-9(5-3-8)6-7-10;1-3-2/h10H,2-7H2,1H3;3H2,1-2H3. The quantitative estimate of drug-likeness (QED) is 0.689. The third-order valence-electron chi connectivity index (χ3n) is 2.01. The molecular weight excluding hydrogens is 164 g/mol. The number of aliphatic hydroxyl groups excluding tert-OH is 1. The Balaban J connectivity index is 0.000000424. The van der Waals surface area contributed by atoms with E-state index in [1.54, 1.807) is 0 Å². The maximum atomic E-state index is 8.63. The predicted molar refractivity (Wildman–Crippen MR) is 57.0 cm³/mol. The zero-order valence-electron chi connectivity index (χ0n) is 9.29. The van der Waals surface area contributed by atoms with E-state index in [0.29, 0.717) is 6.61 Å². The van der Waals surface area contributed by atoms with Crippen LogP contribution >= 0.6 is 0 Å². The predicted octanol–water partition coefficient (Wildman–Crippen LogP) is 0.642. The van der Waals surface area contributed by atoms with E-state index in [4.69, 9.17) is 5.11 Å². The molecule has 0 saturated carbocycles. The maximum Gasteiger partial charge on any atom is 0.0558 e. The van der Waals surface area contributed by atoms with Gasteiger partial charge in [-0.1, -0.05) is 20.3 Å². The lowest BCUT2D eigenvalue weighted by Gasteiger charge is -2.31. The van der Waals surface area contributed by atoms with Crippen molar-refractivity contribution in [1.29, 1.82) is 0 Å². The van der Waals surface area contributed by atoms with E-state index in [-0.39, 0.29) is 0 Å².